The van der Waals surface area contributed by atoms with Gasteiger partial charge in [0.05, 0.1) is 0 Å². The summed E-state index contributed by atoms with van der Waals surface area (Å²) in [5.41, 5.74) is 6.00. The molecular formula is C24H28N2O3. The molecule has 0 unspecified atom stereocenters. The van der Waals surface area contributed by atoms with E-state index < -0.39 is 0 Å². The van der Waals surface area contributed by atoms with Crippen LogP contribution in [0.15, 0.2) is 45.6 Å². The molecule has 29 heavy (non-hydrogen) atoms. The molecule has 152 valence electrons. The summed E-state index contributed by atoms with van der Waals surface area (Å²) in [7, 11) is 3.47. The Labute approximate surface area is 171 Å². The summed E-state index contributed by atoms with van der Waals surface area (Å²) in [4.78, 5) is 25.9. The van der Waals surface area contributed by atoms with E-state index >= 15 is 0 Å². The summed E-state index contributed by atoms with van der Waals surface area (Å²) < 4.78 is 5.44. The van der Waals surface area contributed by atoms with Gasteiger partial charge in [0, 0.05) is 43.3 Å². The quantitative estimate of drug-likeness (QED) is 0.631. The van der Waals surface area contributed by atoms with Crippen LogP contribution in [-0.2, 0) is 6.54 Å². The molecule has 1 N–H and O–H groups in total. The average Bonchev–Trinajstić information content (AvgIpc) is 2.65. The fourth-order valence-electron chi connectivity index (χ4n) is 3.55. The van der Waals surface area contributed by atoms with Gasteiger partial charge in [-0.1, -0.05) is 19.9 Å². The van der Waals surface area contributed by atoms with Gasteiger partial charge in [-0.2, -0.15) is 0 Å². The minimum Gasteiger partial charge on any atom is -0.423 e. The van der Waals surface area contributed by atoms with Crippen LogP contribution in [0.5, 0.6) is 0 Å². The monoisotopic (exact) mass is 392 g/mol. The lowest BCUT2D eigenvalue weighted by atomic mass is 9.95. The van der Waals surface area contributed by atoms with Crippen molar-refractivity contribution in [2.75, 3.05) is 19.4 Å². The van der Waals surface area contributed by atoms with Crippen molar-refractivity contribution in [2.24, 2.45) is 0 Å². The number of amides is 1. The topological polar surface area (TPSA) is 62.6 Å². The molecule has 0 aliphatic carbocycles. The fraction of sp³-hybridized carbons (Fsp3) is 0.333. The molecule has 0 bridgehead atoms. The number of nitrogens with zero attached hydrogens (tertiary/aromatic N) is 1. The Morgan fingerprint density at radius 2 is 1.79 bits per heavy atom. The summed E-state index contributed by atoms with van der Waals surface area (Å²) in [6.45, 7) is 8.80. The van der Waals surface area contributed by atoms with Crippen LogP contribution in [0.3, 0.4) is 0 Å². The van der Waals surface area contributed by atoms with Gasteiger partial charge in [0.1, 0.15) is 5.58 Å². The molecule has 2 aromatic carbocycles. The molecule has 0 atom stereocenters. The van der Waals surface area contributed by atoms with Crippen molar-refractivity contribution < 1.29 is 9.21 Å². The van der Waals surface area contributed by atoms with Crippen molar-refractivity contribution in [1.82, 2.24) is 4.90 Å². The number of anilines is 1. The maximum Gasteiger partial charge on any atom is 0.336 e. The van der Waals surface area contributed by atoms with E-state index in [2.05, 4.69) is 25.2 Å². The molecule has 3 rings (SSSR count). The Hall–Kier alpha value is -3.08. The number of fused-ring (bicyclic) bond motifs is 1. The van der Waals surface area contributed by atoms with Crippen LogP contribution >= 0.6 is 0 Å². The summed E-state index contributed by atoms with van der Waals surface area (Å²) in [6, 6.07) is 11.2. The highest BCUT2D eigenvalue weighted by Gasteiger charge is 2.13. The first kappa shape index (κ1) is 20.6. The van der Waals surface area contributed by atoms with E-state index in [9.17, 15) is 9.59 Å². The maximum absolute atomic E-state index is 12.3. The average molecular weight is 392 g/mol. The molecule has 5 nitrogen and oxygen atoms in total. The van der Waals surface area contributed by atoms with Crippen LogP contribution in [0, 0.1) is 13.8 Å². The number of benzene rings is 2. The van der Waals surface area contributed by atoms with E-state index in [1.54, 1.807) is 25.1 Å². The smallest absolute Gasteiger partial charge is 0.336 e. The third kappa shape index (κ3) is 4.34. The van der Waals surface area contributed by atoms with E-state index in [0.29, 0.717) is 23.6 Å². The number of rotatable bonds is 5. The molecule has 0 saturated heterocycles. The van der Waals surface area contributed by atoms with Gasteiger partial charge >= 0.3 is 5.63 Å². The molecule has 0 saturated carbocycles. The third-order valence-corrected chi connectivity index (χ3v) is 5.20. The largest absolute Gasteiger partial charge is 0.423 e. The summed E-state index contributed by atoms with van der Waals surface area (Å²) >= 11 is 0. The summed E-state index contributed by atoms with van der Waals surface area (Å²) in [5, 5.41) is 4.33. The number of carbonyl (C=O) groups is 1. The number of nitrogens with one attached hydrogen (secondary N) is 1. The Morgan fingerprint density at radius 1 is 1.07 bits per heavy atom. The molecule has 0 radical (unpaired) electrons. The predicted molar refractivity (Wildman–Crippen MR) is 118 cm³/mol. The van der Waals surface area contributed by atoms with Gasteiger partial charge in [0.15, 0.2) is 0 Å². The van der Waals surface area contributed by atoms with E-state index in [1.165, 1.54) is 5.56 Å². The van der Waals surface area contributed by atoms with Crippen molar-refractivity contribution in [3.8, 4) is 0 Å². The fourth-order valence-corrected chi connectivity index (χ4v) is 3.55. The van der Waals surface area contributed by atoms with Crippen LogP contribution in [0.2, 0.25) is 0 Å². The Balaban J connectivity index is 1.99. The molecule has 0 spiro atoms. The highest BCUT2D eigenvalue weighted by molar-refractivity contribution is 5.95. The first-order valence-electron chi connectivity index (χ1n) is 9.81. The minimum absolute atomic E-state index is 0.0455. The van der Waals surface area contributed by atoms with Gasteiger partial charge in [-0.15, -0.1) is 0 Å². The van der Waals surface area contributed by atoms with Crippen LogP contribution < -0.4 is 10.9 Å². The van der Waals surface area contributed by atoms with Crippen LogP contribution in [0.25, 0.3) is 11.0 Å². The predicted octanol–water partition coefficient (Wildman–Crippen LogP) is 4.85. The SMILES string of the molecule is Cc1ccc(C(=O)N(C)C)cc1NCc1cc(=O)oc2cc(C)c(C(C)C)cc12. The minimum atomic E-state index is -0.362. The van der Waals surface area contributed by atoms with Gasteiger partial charge in [0.2, 0.25) is 0 Å². The molecular weight excluding hydrogens is 364 g/mol. The van der Waals surface area contributed by atoms with Crippen LogP contribution in [-0.4, -0.2) is 24.9 Å². The second-order valence-electron chi connectivity index (χ2n) is 8.03. The zero-order chi connectivity index (χ0) is 21.3. The maximum atomic E-state index is 12.3. The Morgan fingerprint density at radius 3 is 2.45 bits per heavy atom. The molecule has 1 heterocycles. The van der Waals surface area contributed by atoms with Crippen LogP contribution in [0.4, 0.5) is 5.69 Å². The Kier molecular flexibility index (Phi) is 5.78. The number of hydrogen-bond acceptors (Lipinski definition) is 4. The van der Waals surface area contributed by atoms with E-state index in [1.807, 2.05) is 38.1 Å². The van der Waals surface area contributed by atoms with Crippen LogP contribution in [0.1, 0.15) is 52.4 Å². The second-order valence-corrected chi connectivity index (χ2v) is 8.03. The molecule has 5 heteroatoms. The lowest BCUT2D eigenvalue weighted by molar-refractivity contribution is 0.0827. The zero-order valence-corrected chi connectivity index (χ0v) is 17.9. The van der Waals surface area contributed by atoms with Gasteiger partial charge in [-0.25, -0.2) is 4.79 Å². The second kappa shape index (κ2) is 8.11. The Bertz CT molecular complexity index is 1130. The molecule has 0 fully saturated rings. The van der Waals surface area contributed by atoms with Crippen molar-refractivity contribution in [1.29, 1.82) is 0 Å². The van der Waals surface area contributed by atoms with Gasteiger partial charge in [-0.05, 0) is 66.3 Å². The van der Waals surface area contributed by atoms with Crippen molar-refractivity contribution in [3.63, 3.8) is 0 Å². The molecule has 1 aromatic heterocycles. The van der Waals surface area contributed by atoms with Crippen molar-refractivity contribution in [3.05, 3.63) is 74.6 Å². The highest BCUT2D eigenvalue weighted by atomic mass is 16.4. The lowest BCUT2D eigenvalue weighted by Crippen LogP contribution is -2.21. The third-order valence-electron chi connectivity index (χ3n) is 5.20. The van der Waals surface area contributed by atoms with Crippen molar-refractivity contribution >= 4 is 22.6 Å². The zero-order valence-electron chi connectivity index (χ0n) is 17.9. The van der Waals surface area contributed by atoms with E-state index in [4.69, 9.17) is 4.42 Å². The normalized spacial score (nSPS) is 11.1. The summed E-state index contributed by atoms with van der Waals surface area (Å²) in [6.07, 6.45) is 0. The molecule has 0 aliphatic heterocycles. The van der Waals surface area contributed by atoms with Crippen molar-refractivity contribution in [2.45, 2.75) is 40.2 Å². The lowest BCUT2D eigenvalue weighted by Gasteiger charge is -2.16. The molecule has 3 aromatic rings. The molecule has 1 amide bonds. The number of carbonyl (C=O) groups excluding carboxylic acids is 1. The van der Waals surface area contributed by atoms with E-state index in [-0.39, 0.29) is 11.5 Å². The summed E-state index contributed by atoms with van der Waals surface area (Å²) in [5.74, 6) is 0.332. The molecule has 0 aliphatic rings. The number of aryl methyl sites for hydroxylation is 2. The van der Waals surface area contributed by atoms with E-state index in [0.717, 1.165) is 27.8 Å². The highest BCUT2D eigenvalue weighted by Crippen LogP contribution is 2.27. The number of hydrogen-bond donors (Lipinski definition) is 1. The van der Waals surface area contributed by atoms with Gasteiger partial charge in [0.25, 0.3) is 5.91 Å². The first-order chi connectivity index (χ1) is 13.7. The van der Waals surface area contributed by atoms with Gasteiger partial charge < -0.3 is 14.6 Å². The first-order valence-corrected chi connectivity index (χ1v) is 9.81. The standard InChI is InChI=1S/C24H28N2O3/c1-14(2)19-12-20-18(11-23(27)29-22(20)9-16(19)4)13-25-21-10-17(8-7-15(21)3)24(28)26(5)6/h7-12,14,25H,13H2,1-6H3. The van der Waals surface area contributed by atoms with Gasteiger partial charge in [-0.3, -0.25) is 4.79 Å².